The molecular weight excluding hydrogens is 272 g/mol. The van der Waals surface area contributed by atoms with Gasteiger partial charge in [0, 0.05) is 0 Å². The van der Waals surface area contributed by atoms with Gasteiger partial charge in [-0.15, -0.1) is 23.5 Å². The molecule has 0 heterocycles. The van der Waals surface area contributed by atoms with Crippen LogP contribution in [0.2, 0.25) is 0 Å². The Morgan fingerprint density at radius 1 is 0.895 bits per heavy atom. The summed E-state index contributed by atoms with van der Waals surface area (Å²) in [7, 11) is 0. The smallest absolute Gasteiger partial charge is 0.142 e. The molecule has 1 aromatic carbocycles. The molecule has 1 aromatic rings. The van der Waals surface area contributed by atoms with E-state index in [1.54, 1.807) is 23.5 Å². The summed E-state index contributed by atoms with van der Waals surface area (Å²) in [5, 5.41) is 10.0. The van der Waals surface area contributed by atoms with Crippen LogP contribution in [0.1, 0.15) is 51.0 Å². The van der Waals surface area contributed by atoms with Crippen LogP contribution in [0, 0.1) is 0 Å². The van der Waals surface area contributed by atoms with Gasteiger partial charge in [-0.05, 0) is 43.0 Å². The SMILES string of the molecule is CCCCCCCCc1cc(SC)c(O)c(SC)c1. The Bertz CT molecular complexity index is 352. The summed E-state index contributed by atoms with van der Waals surface area (Å²) in [4.78, 5) is 2.01. The van der Waals surface area contributed by atoms with Gasteiger partial charge in [-0.3, -0.25) is 0 Å². The summed E-state index contributed by atoms with van der Waals surface area (Å²) in [5.41, 5.74) is 1.36. The lowest BCUT2D eigenvalue weighted by Gasteiger charge is -2.10. The number of unbranched alkanes of at least 4 members (excludes halogenated alkanes) is 5. The van der Waals surface area contributed by atoms with Crippen molar-refractivity contribution in [3.63, 3.8) is 0 Å². The third-order valence-corrected chi connectivity index (χ3v) is 4.86. The Balaban J connectivity index is 2.49. The number of aromatic hydroxyl groups is 1. The van der Waals surface area contributed by atoms with E-state index in [-0.39, 0.29) is 0 Å². The van der Waals surface area contributed by atoms with Crippen LogP contribution < -0.4 is 0 Å². The Morgan fingerprint density at radius 2 is 1.42 bits per heavy atom. The van der Waals surface area contributed by atoms with Gasteiger partial charge in [0.05, 0.1) is 9.79 Å². The first-order valence-electron chi connectivity index (χ1n) is 7.16. The number of benzene rings is 1. The van der Waals surface area contributed by atoms with Crippen LogP contribution in [0.15, 0.2) is 21.9 Å². The highest BCUT2D eigenvalue weighted by Crippen LogP contribution is 2.36. The van der Waals surface area contributed by atoms with E-state index in [1.807, 2.05) is 12.5 Å². The van der Waals surface area contributed by atoms with Crippen LogP contribution >= 0.6 is 23.5 Å². The van der Waals surface area contributed by atoms with Gasteiger partial charge < -0.3 is 5.11 Å². The molecule has 0 radical (unpaired) electrons. The molecule has 3 heteroatoms. The van der Waals surface area contributed by atoms with Crippen molar-refractivity contribution in [3.05, 3.63) is 17.7 Å². The fourth-order valence-electron chi connectivity index (χ4n) is 2.20. The topological polar surface area (TPSA) is 20.2 Å². The lowest BCUT2D eigenvalue weighted by Crippen LogP contribution is -1.89. The molecule has 0 bridgehead atoms. The van der Waals surface area contributed by atoms with Gasteiger partial charge >= 0.3 is 0 Å². The van der Waals surface area contributed by atoms with E-state index in [0.29, 0.717) is 5.75 Å². The molecule has 0 aromatic heterocycles. The predicted molar refractivity (Wildman–Crippen MR) is 88.7 cm³/mol. The van der Waals surface area contributed by atoms with Gasteiger partial charge in [-0.25, -0.2) is 0 Å². The maximum Gasteiger partial charge on any atom is 0.142 e. The fraction of sp³-hybridized carbons (Fsp3) is 0.625. The van der Waals surface area contributed by atoms with E-state index in [2.05, 4.69) is 19.1 Å². The van der Waals surface area contributed by atoms with Gasteiger partial charge in [-0.2, -0.15) is 0 Å². The van der Waals surface area contributed by atoms with Gasteiger partial charge in [-0.1, -0.05) is 39.0 Å². The molecule has 108 valence electrons. The van der Waals surface area contributed by atoms with E-state index in [4.69, 9.17) is 0 Å². The number of aryl methyl sites for hydroxylation is 1. The number of phenols is 1. The minimum Gasteiger partial charge on any atom is -0.506 e. The van der Waals surface area contributed by atoms with Crippen molar-refractivity contribution in [2.45, 2.75) is 61.7 Å². The van der Waals surface area contributed by atoms with Crippen LogP contribution in [-0.2, 0) is 6.42 Å². The first-order valence-corrected chi connectivity index (χ1v) is 9.61. The maximum absolute atomic E-state index is 10.0. The average molecular weight is 299 g/mol. The van der Waals surface area contributed by atoms with Gasteiger partial charge in [0.1, 0.15) is 5.75 Å². The van der Waals surface area contributed by atoms with Crippen molar-refractivity contribution in [3.8, 4) is 5.75 Å². The van der Waals surface area contributed by atoms with Crippen molar-refractivity contribution in [1.82, 2.24) is 0 Å². The van der Waals surface area contributed by atoms with Crippen LogP contribution in [0.5, 0.6) is 5.75 Å². The third-order valence-electron chi connectivity index (χ3n) is 3.36. The van der Waals surface area contributed by atoms with Crippen molar-refractivity contribution in [2.24, 2.45) is 0 Å². The highest BCUT2D eigenvalue weighted by Gasteiger charge is 2.08. The van der Waals surface area contributed by atoms with E-state index in [9.17, 15) is 5.11 Å². The monoisotopic (exact) mass is 298 g/mol. The molecule has 1 nitrogen and oxygen atoms in total. The van der Waals surface area contributed by atoms with E-state index >= 15 is 0 Å². The van der Waals surface area contributed by atoms with Crippen LogP contribution in [-0.4, -0.2) is 17.6 Å². The zero-order chi connectivity index (χ0) is 14.1. The second-order valence-electron chi connectivity index (χ2n) is 4.87. The van der Waals surface area contributed by atoms with Crippen molar-refractivity contribution >= 4 is 23.5 Å². The molecule has 0 aliphatic carbocycles. The Kier molecular flexibility index (Phi) is 8.47. The first-order chi connectivity index (χ1) is 9.22. The van der Waals surface area contributed by atoms with Crippen molar-refractivity contribution < 1.29 is 5.11 Å². The summed E-state index contributed by atoms with van der Waals surface area (Å²) in [5.74, 6) is 0.451. The minimum absolute atomic E-state index is 0.451. The summed E-state index contributed by atoms with van der Waals surface area (Å²) in [6.45, 7) is 2.25. The summed E-state index contributed by atoms with van der Waals surface area (Å²) in [6.07, 6.45) is 13.2. The van der Waals surface area contributed by atoms with E-state index < -0.39 is 0 Å². The lowest BCUT2D eigenvalue weighted by atomic mass is 10.0. The normalized spacial score (nSPS) is 10.9. The molecule has 0 spiro atoms. The summed E-state index contributed by atoms with van der Waals surface area (Å²) in [6, 6.07) is 4.29. The number of rotatable bonds is 9. The van der Waals surface area contributed by atoms with Crippen molar-refractivity contribution in [1.29, 1.82) is 0 Å². The van der Waals surface area contributed by atoms with Gasteiger partial charge in [0.2, 0.25) is 0 Å². The summed E-state index contributed by atoms with van der Waals surface area (Å²) >= 11 is 3.25. The fourth-order valence-corrected chi connectivity index (χ4v) is 3.41. The molecule has 0 aliphatic rings. The number of hydrogen-bond donors (Lipinski definition) is 1. The average Bonchev–Trinajstić information content (AvgIpc) is 2.44. The largest absolute Gasteiger partial charge is 0.506 e. The molecule has 0 atom stereocenters. The molecular formula is C16H26OS2. The quantitative estimate of drug-likeness (QED) is 0.464. The van der Waals surface area contributed by atoms with Gasteiger partial charge in [0.25, 0.3) is 0 Å². The zero-order valence-corrected chi connectivity index (χ0v) is 14.0. The lowest BCUT2D eigenvalue weighted by molar-refractivity contribution is 0.448. The molecule has 0 saturated carbocycles. The van der Waals surface area contributed by atoms with E-state index in [1.165, 1.54) is 44.1 Å². The number of hydrogen-bond acceptors (Lipinski definition) is 3. The zero-order valence-electron chi connectivity index (χ0n) is 12.4. The Labute approximate surface area is 126 Å². The predicted octanol–water partition coefficient (Wildman–Crippen LogP) is 5.74. The van der Waals surface area contributed by atoms with Crippen LogP contribution in [0.3, 0.4) is 0 Å². The molecule has 0 unspecified atom stereocenters. The Morgan fingerprint density at radius 3 is 1.95 bits per heavy atom. The molecule has 0 fully saturated rings. The minimum atomic E-state index is 0.451. The van der Waals surface area contributed by atoms with Crippen molar-refractivity contribution in [2.75, 3.05) is 12.5 Å². The molecule has 0 amide bonds. The first kappa shape index (κ1) is 16.8. The molecule has 19 heavy (non-hydrogen) atoms. The molecule has 0 aliphatic heterocycles. The third kappa shape index (κ3) is 5.70. The molecule has 0 saturated heterocycles. The second kappa shape index (κ2) is 9.60. The number of thioether (sulfide) groups is 2. The molecule has 1 rings (SSSR count). The highest BCUT2D eigenvalue weighted by atomic mass is 32.2. The molecule has 1 N–H and O–H groups in total. The Hall–Kier alpha value is -0.280. The van der Waals surface area contributed by atoms with Crippen LogP contribution in [0.25, 0.3) is 0 Å². The maximum atomic E-state index is 10.0. The van der Waals surface area contributed by atoms with E-state index in [0.717, 1.165) is 16.2 Å². The highest BCUT2D eigenvalue weighted by molar-refractivity contribution is 7.99. The van der Waals surface area contributed by atoms with Crippen LogP contribution in [0.4, 0.5) is 0 Å². The summed E-state index contributed by atoms with van der Waals surface area (Å²) < 4.78 is 0. The second-order valence-corrected chi connectivity index (χ2v) is 6.56. The number of phenolic OH excluding ortho intramolecular Hbond substituents is 1. The standard InChI is InChI=1S/C16H26OS2/c1-4-5-6-7-8-9-10-13-11-14(18-2)16(17)15(12-13)19-3/h11-12,17H,4-10H2,1-3H3. The van der Waals surface area contributed by atoms with Gasteiger partial charge in [0.15, 0.2) is 0 Å².